The third-order valence-electron chi connectivity index (χ3n) is 2.59. The molecule has 0 spiro atoms. The highest BCUT2D eigenvalue weighted by molar-refractivity contribution is 5.81. The number of nitrogen functional groups attached to an aromatic ring is 1. The van der Waals surface area contributed by atoms with Gasteiger partial charge in [-0.05, 0) is 36.6 Å². The van der Waals surface area contributed by atoms with Crippen LogP contribution in [-0.2, 0) is 6.42 Å². The van der Waals surface area contributed by atoms with Crippen molar-refractivity contribution >= 4 is 16.6 Å². The average molecular weight is 200 g/mol. The van der Waals surface area contributed by atoms with E-state index < -0.39 is 0 Å². The Morgan fingerprint density at radius 3 is 2.93 bits per heavy atom. The molecule has 0 saturated carbocycles. The number of rotatable bonds is 3. The van der Waals surface area contributed by atoms with E-state index in [4.69, 9.17) is 5.73 Å². The number of anilines is 1. The van der Waals surface area contributed by atoms with Crippen molar-refractivity contribution in [3.05, 3.63) is 36.0 Å². The Hall–Kier alpha value is -1.57. The third-order valence-corrected chi connectivity index (χ3v) is 2.59. The lowest BCUT2D eigenvalue weighted by molar-refractivity contribution is 0.796. The number of fused-ring (bicyclic) bond motifs is 1. The molecule has 2 aromatic rings. The number of aryl methyl sites for hydroxylation is 1. The van der Waals surface area contributed by atoms with Crippen molar-refractivity contribution in [1.82, 2.24) is 4.98 Å². The van der Waals surface area contributed by atoms with E-state index >= 15 is 0 Å². The summed E-state index contributed by atoms with van der Waals surface area (Å²) in [6.07, 6.45) is 5.31. The van der Waals surface area contributed by atoms with E-state index in [-0.39, 0.29) is 0 Å². The molecule has 1 aromatic carbocycles. The lowest BCUT2D eigenvalue weighted by atomic mass is 10.1. The summed E-state index contributed by atoms with van der Waals surface area (Å²) in [6, 6.07) is 8.40. The van der Waals surface area contributed by atoms with Crippen molar-refractivity contribution in [2.75, 3.05) is 5.73 Å². The lowest BCUT2D eigenvalue weighted by Crippen LogP contribution is -1.89. The van der Waals surface area contributed by atoms with Crippen LogP contribution in [0.2, 0.25) is 0 Å². The normalized spacial score (nSPS) is 10.7. The van der Waals surface area contributed by atoms with Gasteiger partial charge in [-0.25, -0.2) is 0 Å². The summed E-state index contributed by atoms with van der Waals surface area (Å²) in [5, 5.41) is 1.14. The van der Waals surface area contributed by atoms with Crippen molar-refractivity contribution < 1.29 is 0 Å². The van der Waals surface area contributed by atoms with Gasteiger partial charge in [-0.2, -0.15) is 0 Å². The molecule has 78 valence electrons. The third kappa shape index (κ3) is 2.27. The summed E-state index contributed by atoms with van der Waals surface area (Å²) in [7, 11) is 0. The average Bonchev–Trinajstić information content (AvgIpc) is 2.25. The fourth-order valence-electron chi connectivity index (χ4n) is 1.73. The summed E-state index contributed by atoms with van der Waals surface area (Å²) < 4.78 is 0. The highest BCUT2D eigenvalue weighted by Crippen LogP contribution is 2.17. The van der Waals surface area contributed by atoms with Gasteiger partial charge in [0.15, 0.2) is 0 Å². The molecule has 2 N–H and O–H groups in total. The zero-order valence-corrected chi connectivity index (χ0v) is 9.03. The van der Waals surface area contributed by atoms with E-state index in [2.05, 4.69) is 30.1 Å². The topological polar surface area (TPSA) is 38.9 Å². The first-order valence-electron chi connectivity index (χ1n) is 5.44. The number of nitrogens with two attached hydrogens (primary N) is 1. The Kier molecular flexibility index (Phi) is 2.86. The minimum absolute atomic E-state index is 0.732. The summed E-state index contributed by atoms with van der Waals surface area (Å²) >= 11 is 0. The van der Waals surface area contributed by atoms with E-state index in [1.54, 1.807) is 6.20 Å². The molecule has 0 unspecified atom stereocenters. The maximum atomic E-state index is 5.71. The maximum absolute atomic E-state index is 5.71. The molecule has 2 rings (SSSR count). The fourth-order valence-corrected chi connectivity index (χ4v) is 1.73. The number of aromatic nitrogens is 1. The minimum Gasteiger partial charge on any atom is -0.397 e. The van der Waals surface area contributed by atoms with Gasteiger partial charge in [0, 0.05) is 5.39 Å². The summed E-state index contributed by atoms with van der Waals surface area (Å²) in [5.74, 6) is 0. The van der Waals surface area contributed by atoms with Gasteiger partial charge >= 0.3 is 0 Å². The maximum Gasteiger partial charge on any atom is 0.0703 e. The van der Waals surface area contributed by atoms with Crippen LogP contribution in [0.1, 0.15) is 25.3 Å². The second-order valence-corrected chi connectivity index (χ2v) is 3.90. The molecular formula is C13H16N2. The van der Waals surface area contributed by atoms with E-state index in [0.29, 0.717) is 0 Å². The van der Waals surface area contributed by atoms with Crippen molar-refractivity contribution in [1.29, 1.82) is 0 Å². The Labute approximate surface area is 90.1 Å². The molecule has 0 amide bonds. The Morgan fingerprint density at radius 1 is 1.27 bits per heavy atom. The first-order valence-corrected chi connectivity index (χ1v) is 5.44. The highest BCUT2D eigenvalue weighted by atomic mass is 14.7. The molecule has 0 fully saturated rings. The van der Waals surface area contributed by atoms with Crippen LogP contribution in [0.25, 0.3) is 10.9 Å². The smallest absolute Gasteiger partial charge is 0.0703 e. The van der Waals surface area contributed by atoms with Crippen LogP contribution < -0.4 is 5.73 Å². The van der Waals surface area contributed by atoms with E-state index in [1.165, 1.54) is 18.4 Å². The number of hydrogen-bond acceptors (Lipinski definition) is 2. The van der Waals surface area contributed by atoms with Gasteiger partial charge in [-0.15, -0.1) is 0 Å². The molecule has 2 nitrogen and oxygen atoms in total. The largest absolute Gasteiger partial charge is 0.397 e. The molecule has 15 heavy (non-hydrogen) atoms. The quantitative estimate of drug-likeness (QED) is 0.826. The summed E-state index contributed by atoms with van der Waals surface area (Å²) in [5.41, 5.74) is 8.83. The summed E-state index contributed by atoms with van der Waals surface area (Å²) in [6.45, 7) is 2.21. The lowest BCUT2D eigenvalue weighted by Gasteiger charge is -2.03. The van der Waals surface area contributed by atoms with Gasteiger partial charge < -0.3 is 5.73 Å². The predicted molar refractivity (Wildman–Crippen MR) is 64.8 cm³/mol. The van der Waals surface area contributed by atoms with Crippen LogP contribution in [-0.4, -0.2) is 4.98 Å². The van der Waals surface area contributed by atoms with Crippen molar-refractivity contribution in [2.24, 2.45) is 0 Å². The molecule has 2 heteroatoms. The van der Waals surface area contributed by atoms with Gasteiger partial charge in [-0.3, -0.25) is 4.98 Å². The van der Waals surface area contributed by atoms with E-state index in [0.717, 1.165) is 23.0 Å². The van der Waals surface area contributed by atoms with Gasteiger partial charge in [0.2, 0.25) is 0 Å². The van der Waals surface area contributed by atoms with Gasteiger partial charge in [0.1, 0.15) is 0 Å². The molecular weight excluding hydrogens is 184 g/mol. The van der Waals surface area contributed by atoms with Crippen LogP contribution >= 0.6 is 0 Å². The molecule has 0 aliphatic heterocycles. The number of pyridine rings is 1. The summed E-state index contributed by atoms with van der Waals surface area (Å²) in [4.78, 5) is 4.28. The molecule has 0 aliphatic carbocycles. The Balaban J connectivity index is 2.36. The van der Waals surface area contributed by atoms with E-state index in [1.807, 2.05) is 6.07 Å². The van der Waals surface area contributed by atoms with Crippen LogP contribution in [0.3, 0.4) is 0 Å². The molecule has 0 atom stereocenters. The molecule has 1 aromatic heterocycles. The fraction of sp³-hybridized carbons (Fsp3) is 0.308. The minimum atomic E-state index is 0.732. The predicted octanol–water partition coefficient (Wildman–Crippen LogP) is 3.16. The molecule has 0 aliphatic rings. The van der Waals surface area contributed by atoms with Crippen LogP contribution in [0.4, 0.5) is 5.69 Å². The number of unbranched alkanes of at least 4 members (excludes halogenated alkanes) is 1. The first-order chi connectivity index (χ1) is 7.29. The second kappa shape index (κ2) is 4.30. The standard InChI is InChI=1S/C13H16N2/c1-2-3-4-10-5-6-13-11(7-10)8-12(14)9-15-13/h5-9H,2-4,14H2,1H3. The highest BCUT2D eigenvalue weighted by Gasteiger charge is 1.98. The monoisotopic (exact) mass is 200 g/mol. The zero-order valence-electron chi connectivity index (χ0n) is 9.03. The number of nitrogens with zero attached hydrogens (tertiary/aromatic N) is 1. The first kappa shape index (κ1) is 9.97. The Morgan fingerprint density at radius 2 is 2.13 bits per heavy atom. The van der Waals surface area contributed by atoms with Crippen LogP contribution in [0.5, 0.6) is 0 Å². The van der Waals surface area contributed by atoms with Crippen LogP contribution in [0, 0.1) is 0 Å². The molecule has 0 radical (unpaired) electrons. The van der Waals surface area contributed by atoms with Gasteiger partial charge in [0.05, 0.1) is 17.4 Å². The number of hydrogen-bond donors (Lipinski definition) is 1. The zero-order chi connectivity index (χ0) is 10.7. The number of benzene rings is 1. The molecule has 1 heterocycles. The molecule has 0 saturated heterocycles. The van der Waals surface area contributed by atoms with Crippen LogP contribution in [0.15, 0.2) is 30.5 Å². The van der Waals surface area contributed by atoms with Gasteiger partial charge in [-0.1, -0.05) is 19.4 Å². The second-order valence-electron chi connectivity index (χ2n) is 3.90. The van der Waals surface area contributed by atoms with Crippen molar-refractivity contribution in [2.45, 2.75) is 26.2 Å². The SMILES string of the molecule is CCCCc1ccc2ncc(N)cc2c1. The van der Waals surface area contributed by atoms with E-state index in [9.17, 15) is 0 Å². The Bertz CT molecular complexity index is 463. The van der Waals surface area contributed by atoms with Gasteiger partial charge in [0.25, 0.3) is 0 Å². The van der Waals surface area contributed by atoms with Crippen molar-refractivity contribution in [3.8, 4) is 0 Å². The van der Waals surface area contributed by atoms with Crippen molar-refractivity contribution in [3.63, 3.8) is 0 Å². The molecule has 0 bridgehead atoms.